The quantitative estimate of drug-likeness (QED) is 0.309. The number of nitrogens with two attached hydrogens (primary N) is 1. The molecule has 162 valence electrons. The molecule has 10 heteroatoms. The van der Waals surface area contributed by atoms with E-state index in [2.05, 4.69) is 0 Å². The van der Waals surface area contributed by atoms with Crippen LogP contribution in [0.25, 0.3) is 0 Å². The van der Waals surface area contributed by atoms with Gasteiger partial charge in [-0.2, -0.15) is 0 Å². The number of methoxy groups -OCH3 is 2. The highest BCUT2D eigenvalue weighted by atomic mass is 16.6. The molecule has 0 unspecified atom stereocenters. The van der Waals surface area contributed by atoms with Crippen LogP contribution in [0.2, 0.25) is 0 Å². The van der Waals surface area contributed by atoms with Crippen molar-refractivity contribution in [2.24, 2.45) is 0 Å². The van der Waals surface area contributed by atoms with Crippen molar-refractivity contribution in [1.29, 1.82) is 0 Å². The molecule has 0 aliphatic heterocycles. The second-order valence-corrected chi connectivity index (χ2v) is 5.61. The van der Waals surface area contributed by atoms with Gasteiger partial charge in [0.1, 0.15) is 11.5 Å². The summed E-state index contributed by atoms with van der Waals surface area (Å²) in [6.45, 7) is 3.97. The van der Waals surface area contributed by atoms with Gasteiger partial charge in [0.15, 0.2) is 0 Å². The van der Waals surface area contributed by atoms with E-state index in [9.17, 15) is 19.7 Å². The minimum Gasteiger partial charge on any atom is -0.497 e. The van der Waals surface area contributed by atoms with Crippen molar-refractivity contribution in [3.05, 3.63) is 57.6 Å². The Bertz CT molecular complexity index is 898. The van der Waals surface area contributed by atoms with Gasteiger partial charge in [-0.05, 0) is 32.0 Å². The van der Waals surface area contributed by atoms with Crippen molar-refractivity contribution in [2.75, 3.05) is 33.2 Å². The number of ether oxygens (including phenoxy) is 4. The maximum atomic E-state index is 11.4. The van der Waals surface area contributed by atoms with E-state index in [0.717, 1.165) is 6.07 Å². The summed E-state index contributed by atoms with van der Waals surface area (Å²) in [4.78, 5) is 32.7. The fraction of sp³-hybridized carbons (Fsp3) is 0.300. The van der Waals surface area contributed by atoms with Crippen LogP contribution in [0.15, 0.2) is 36.4 Å². The van der Waals surface area contributed by atoms with Crippen LogP contribution in [-0.2, 0) is 9.47 Å². The molecule has 0 spiro atoms. The van der Waals surface area contributed by atoms with E-state index in [1.807, 2.05) is 0 Å². The second kappa shape index (κ2) is 11.9. The van der Waals surface area contributed by atoms with Crippen LogP contribution in [-0.4, -0.2) is 44.3 Å². The summed E-state index contributed by atoms with van der Waals surface area (Å²) in [7, 11) is 2.89. The lowest BCUT2D eigenvalue weighted by Crippen LogP contribution is -2.05. The summed E-state index contributed by atoms with van der Waals surface area (Å²) >= 11 is 0. The molecule has 2 N–H and O–H groups in total. The Hall–Kier alpha value is -3.82. The molecule has 2 aromatic rings. The van der Waals surface area contributed by atoms with Crippen LogP contribution < -0.4 is 15.2 Å². The normalized spacial score (nSPS) is 9.60. The van der Waals surface area contributed by atoms with Crippen molar-refractivity contribution in [2.45, 2.75) is 13.8 Å². The Morgan fingerprint density at radius 2 is 1.33 bits per heavy atom. The molecule has 0 fully saturated rings. The highest BCUT2D eigenvalue weighted by molar-refractivity contribution is 5.91. The number of nitro groups is 1. The first-order valence-corrected chi connectivity index (χ1v) is 8.87. The number of hydrogen-bond acceptors (Lipinski definition) is 9. The van der Waals surface area contributed by atoms with Crippen LogP contribution in [0, 0.1) is 10.1 Å². The molecule has 0 saturated carbocycles. The van der Waals surface area contributed by atoms with Crippen LogP contribution in [0.1, 0.15) is 34.6 Å². The van der Waals surface area contributed by atoms with Crippen LogP contribution >= 0.6 is 0 Å². The smallest absolute Gasteiger partial charge is 0.338 e. The van der Waals surface area contributed by atoms with Gasteiger partial charge in [-0.15, -0.1) is 0 Å². The molecule has 0 bridgehead atoms. The van der Waals surface area contributed by atoms with Crippen molar-refractivity contribution in [3.63, 3.8) is 0 Å². The molecule has 0 atom stereocenters. The first-order chi connectivity index (χ1) is 14.2. The fourth-order valence-electron chi connectivity index (χ4n) is 2.21. The Balaban J connectivity index is 0.000000303. The number of non-ortho nitro benzene ring substituents is 1. The summed E-state index contributed by atoms with van der Waals surface area (Å²) in [5.41, 5.74) is 6.36. The number of anilines is 1. The molecule has 0 aliphatic rings. The number of carbonyl (C=O) groups is 2. The summed E-state index contributed by atoms with van der Waals surface area (Å²) in [6.07, 6.45) is 0. The summed E-state index contributed by atoms with van der Waals surface area (Å²) < 4.78 is 19.4. The van der Waals surface area contributed by atoms with Gasteiger partial charge in [-0.25, -0.2) is 9.59 Å². The van der Waals surface area contributed by atoms with E-state index < -0.39 is 16.9 Å². The van der Waals surface area contributed by atoms with Gasteiger partial charge in [0.2, 0.25) is 0 Å². The number of rotatable bonds is 7. The van der Waals surface area contributed by atoms with Gasteiger partial charge in [0.05, 0.1) is 49.5 Å². The number of esters is 2. The Morgan fingerprint density at radius 3 is 1.77 bits per heavy atom. The monoisotopic (exact) mass is 420 g/mol. The van der Waals surface area contributed by atoms with E-state index in [1.54, 1.807) is 32.0 Å². The van der Waals surface area contributed by atoms with Crippen LogP contribution in [0.5, 0.6) is 11.5 Å². The van der Waals surface area contributed by atoms with Gasteiger partial charge in [0.25, 0.3) is 5.69 Å². The number of benzene rings is 2. The summed E-state index contributed by atoms with van der Waals surface area (Å²) in [5, 5.41) is 10.6. The lowest BCUT2D eigenvalue weighted by Gasteiger charge is -2.05. The lowest BCUT2D eigenvalue weighted by molar-refractivity contribution is -0.385. The first-order valence-electron chi connectivity index (χ1n) is 8.87. The van der Waals surface area contributed by atoms with E-state index >= 15 is 0 Å². The fourth-order valence-corrected chi connectivity index (χ4v) is 2.21. The molecule has 0 aliphatic carbocycles. The number of carbonyl (C=O) groups excluding carboxylic acids is 2. The third-order valence-electron chi connectivity index (χ3n) is 3.52. The van der Waals surface area contributed by atoms with Gasteiger partial charge in [-0.3, -0.25) is 10.1 Å². The van der Waals surface area contributed by atoms with Crippen molar-refractivity contribution in [3.8, 4) is 11.5 Å². The molecule has 2 rings (SSSR count). The molecular weight excluding hydrogens is 396 g/mol. The van der Waals surface area contributed by atoms with E-state index in [0.29, 0.717) is 23.6 Å². The maximum Gasteiger partial charge on any atom is 0.338 e. The number of hydrogen-bond donors (Lipinski definition) is 1. The third kappa shape index (κ3) is 7.30. The van der Waals surface area contributed by atoms with Crippen LogP contribution in [0.3, 0.4) is 0 Å². The zero-order valence-corrected chi connectivity index (χ0v) is 17.2. The minimum absolute atomic E-state index is 0.105. The van der Waals surface area contributed by atoms with Crippen molar-refractivity contribution >= 4 is 23.3 Å². The molecule has 2 aromatic carbocycles. The van der Waals surface area contributed by atoms with E-state index in [1.165, 1.54) is 26.4 Å². The zero-order chi connectivity index (χ0) is 22.7. The number of nitrogens with zero attached hydrogens (tertiary/aromatic N) is 1. The number of nitrogen functional groups attached to an aromatic ring is 1. The Labute approximate surface area is 173 Å². The SMILES string of the molecule is CCOC(=O)c1cc(N)cc(OC)c1.CCOC(=O)c1cc(OC)cc([N+](=O)[O-])c1. The zero-order valence-electron chi connectivity index (χ0n) is 17.2. The van der Waals surface area contributed by atoms with Gasteiger partial charge in [-0.1, -0.05) is 0 Å². The highest BCUT2D eigenvalue weighted by Gasteiger charge is 2.15. The molecule has 30 heavy (non-hydrogen) atoms. The van der Waals surface area contributed by atoms with Gasteiger partial charge >= 0.3 is 11.9 Å². The summed E-state index contributed by atoms with van der Waals surface area (Å²) in [5.74, 6) is -0.201. The first kappa shape index (κ1) is 24.2. The molecule has 0 heterocycles. The molecule has 10 nitrogen and oxygen atoms in total. The summed E-state index contributed by atoms with van der Waals surface area (Å²) in [6, 6.07) is 8.58. The third-order valence-corrected chi connectivity index (χ3v) is 3.52. The maximum absolute atomic E-state index is 11.4. The average Bonchev–Trinajstić information content (AvgIpc) is 2.73. The predicted octanol–water partition coefficient (Wildman–Crippen LogP) is 3.23. The largest absolute Gasteiger partial charge is 0.497 e. The highest BCUT2D eigenvalue weighted by Crippen LogP contribution is 2.23. The van der Waals surface area contributed by atoms with E-state index in [4.69, 9.17) is 24.7 Å². The molecule has 0 amide bonds. The van der Waals surface area contributed by atoms with E-state index in [-0.39, 0.29) is 23.6 Å². The topological polar surface area (TPSA) is 140 Å². The molecule has 0 aromatic heterocycles. The Kier molecular flexibility index (Phi) is 9.60. The van der Waals surface area contributed by atoms with Crippen molar-refractivity contribution in [1.82, 2.24) is 0 Å². The van der Waals surface area contributed by atoms with Crippen molar-refractivity contribution < 1.29 is 33.5 Å². The standard InChI is InChI=1S/C10H11NO5.C10H13NO3/c1-3-16-10(12)7-4-8(11(13)14)6-9(5-7)15-2;1-3-14-10(12)7-4-8(11)6-9(5-7)13-2/h4-6H,3H2,1-2H3;4-6H,3,11H2,1-2H3. The number of nitro benzene ring substituents is 1. The van der Waals surface area contributed by atoms with Gasteiger partial charge in [0, 0.05) is 17.8 Å². The molecular formula is C20H24N2O8. The predicted molar refractivity (Wildman–Crippen MR) is 109 cm³/mol. The Morgan fingerprint density at radius 1 is 0.867 bits per heavy atom. The molecule has 0 radical (unpaired) electrons. The molecule has 0 saturated heterocycles. The minimum atomic E-state index is -0.607. The lowest BCUT2D eigenvalue weighted by atomic mass is 10.2. The van der Waals surface area contributed by atoms with Gasteiger partial charge < -0.3 is 24.7 Å². The second-order valence-electron chi connectivity index (χ2n) is 5.61. The van der Waals surface area contributed by atoms with Crippen LogP contribution in [0.4, 0.5) is 11.4 Å². The average molecular weight is 420 g/mol.